The van der Waals surface area contributed by atoms with Gasteiger partial charge in [-0.3, -0.25) is 0 Å². The lowest BCUT2D eigenvalue weighted by molar-refractivity contribution is 0.582. The summed E-state index contributed by atoms with van der Waals surface area (Å²) in [5.41, 5.74) is 1.54. The monoisotopic (exact) mass is 261 g/mol. The van der Waals surface area contributed by atoms with Gasteiger partial charge in [-0.05, 0) is 30.2 Å². The lowest BCUT2D eigenvalue weighted by Crippen LogP contribution is -2.04. The molecule has 1 heterocycles. The fourth-order valence-electron chi connectivity index (χ4n) is 1.85. The van der Waals surface area contributed by atoms with Gasteiger partial charge in [-0.1, -0.05) is 6.07 Å². The van der Waals surface area contributed by atoms with Gasteiger partial charge in [-0.15, -0.1) is 0 Å². The minimum atomic E-state index is -0.625. The van der Waals surface area contributed by atoms with Crippen LogP contribution in [0.5, 0.6) is 0 Å². The standard InChI is InChI=1S/C14H13F2N3/c1-9-3-4-12(15)14(13(9)16)18-7-10-5-11(6-17)19(2)8-10/h3-5,8,18H,7H2,1-2H3. The fourth-order valence-corrected chi connectivity index (χ4v) is 1.85. The van der Waals surface area contributed by atoms with Crippen molar-refractivity contribution in [1.82, 2.24) is 4.57 Å². The van der Waals surface area contributed by atoms with Crippen LogP contribution in [-0.4, -0.2) is 4.57 Å². The molecule has 2 aromatic rings. The number of aromatic nitrogens is 1. The van der Waals surface area contributed by atoms with Crippen molar-refractivity contribution >= 4 is 5.69 Å². The number of aryl methyl sites for hydroxylation is 2. The summed E-state index contributed by atoms with van der Waals surface area (Å²) >= 11 is 0. The summed E-state index contributed by atoms with van der Waals surface area (Å²) in [7, 11) is 1.75. The molecule has 0 aliphatic carbocycles. The first kappa shape index (κ1) is 13.1. The van der Waals surface area contributed by atoms with Gasteiger partial charge in [0.25, 0.3) is 0 Å². The van der Waals surface area contributed by atoms with Gasteiger partial charge in [0, 0.05) is 19.8 Å². The van der Waals surface area contributed by atoms with E-state index in [1.807, 2.05) is 6.07 Å². The molecule has 0 saturated carbocycles. The van der Waals surface area contributed by atoms with E-state index in [1.165, 1.54) is 12.1 Å². The molecule has 1 aromatic heterocycles. The molecular formula is C14H13F2N3. The van der Waals surface area contributed by atoms with Gasteiger partial charge in [0.15, 0.2) is 5.82 Å². The maximum Gasteiger partial charge on any atom is 0.152 e. The van der Waals surface area contributed by atoms with E-state index < -0.39 is 11.6 Å². The van der Waals surface area contributed by atoms with Gasteiger partial charge in [0.2, 0.25) is 0 Å². The van der Waals surface area contributed by atoms with Crippen molar-refractivity contribution in [2.75, 3.05) is 5.32 Å². The maximum atomic E-state index is 13.8. The average molecular weight is 261 g/mol. The highest BCUT2D eigenvalue weighted by molar-refractivity contribution is 5.49. The number of nitrogens with zero attached hydrogens (tertiary/aromatic N) is 2. The lowest BCUT2D eigenvalue weighted by atomic mass is 10.2. The van der Waals surface area contributed by atoms with E-state index in [1.54, 1.807) is 30.8 Å². The van der Waals surface area contributed by atoms with Gasteiger partial charge >= 0.3 is 0 Å². The molecule has 0 fully saturated rings. The highest BCUT2D eigenvalue weighted by Gasteiger charge is 2.11. The minimum absolute atomic E-state index is 0.137. The highest BCUT2D eigenvalue weighted by atomic mass is 19.1. The first-order valence-electron chi connectivity index (χ1n) is 5.76. The molecule has 1 N–H and O–H groups in total. The average Bonchev–Trinajstić information content (AvgIpc) is 2.74. The van der Waals surface area contributed by atoms with Crippen LogP contribution in [0.1, 0.15) is 16.8 Å². The van der Waals surface area contributed by atoms with Crippen LogP contribution >= 0.6 is 0 Å². The summed E-state index contributed by atoms with van der Waals surface area (Å²) in [5, 5.41) is 11.6. The second kappa shape index (κ2) is 5.11. The van der Waals surface area contributed by atoms with Gasteiger partial charge in [-0.2, -0.15) is 5.26 Å². The van der Waals surface area contributed by atoms with Crippen LogP contribution in [0.15, 0.2) is 24.4 Å². The van der Waals surface area contributed by atoms with E-state index >= 15 is 0 Å². The minimum Gasteiger partial charge on any atom is -0.376 e. The topological polar surface area (TPSA) is 40.8 Å². The van der Waals surface area contributed by atoms with Crippen LogP contribution in [0.4, 0.5) is 14.5 Å². The summed E-state index contributed by atoms with van der Waals surface area (Å²) in [6.07, 6.45) is 1.75. The molecule has 3 nitrogen and oxygen atoms in total. The Hall–Kier alpha value is -2.35. The zero-order chi connectivity index (χ0) is 14.0. The molecule has 0 saturated heterocycles. The summed E-state index contributed by atoms with van der Waals surface area (Å²) in [4.78, 5) is 0. The summed E-state index contributed by atoms with van der Waals surface area (Å²) in [6.45, 7) is 1.84. The Morgan fingerprint density at radius 1 is 1.37 bits per heavy atom. The van der Waals surface area contributed by atoms with Gasteiger partial charge in [-0.25, -0.2) is 8.78 Å². The molecule has 0 amide bonds. The Balaban J connectivity index is 2.19. The number of rotatable bonds is 3. The Morgan fingerprint density at radius 2 is 2.11 bits per heavy atom. The van der Waals surface area contributed by atoms with Crippen molar-refractivity contribution in [3.8, 4) is 6.07 Å². The predicted molar refractivity (Wildman–Crippen MR) is 68.5 cm³/mol. The van der Waals surface area contributed by atoms with Gasteiger partial charge in [0.1, 0.15) is 23.3 Å². The zero-order valence-corrected chi connectivity index (χ0v) is 10.7. The number of hydrogen-bond donors (Lipinski definition) is 1. The Labute approximate surface area is 110 Å². The van der Waals surface area contributed by atoms with E-state index in [0.717, 1.165) is 5.56 Å². The number of nitriles is 1. The quantitative estimate of drug-likeness (QED) is 0.922. The van der Waals surface area contributed by atoms with Crippen LogP contribution in [-0.2, 0) is 13.6 Å². The second-order valence-electron chi connectivity index (χ2n) is 4.36. The van der Waals surface area contributed by atoms with Crippen molar-refractivity contribution in [3.05, 3.63) is 52.9 Å². The normalized spacial score (nSPS) is 10.3. The molecule has 0 aliphatic heterocycles. The Kier molecular flexibility index (Phi) is 3.52. The molecule has 0 radical (unpaired) electrons. The van der Waals surface area contributed by atoms with Crippen LogP contribution in [0, 0.1) is 29.9 Å². The van der Waals surface area contributed by atoms with Crippen molar-refractivity contribution in [1.29, 1.82) is 5.26 Å². The number of hydrogen-bond acceptors (Lipinski definition) is 2. The number of halogens is 2. The van der Waals surface area contributed by atoms with E-state index in [9.17, 15) is 8.78 Å². The number of nitrogens with one attached hydrogen (secondary N) is 1. The molecule has 19 heavy (non-hydrogen) atoms. The third kappa shape index (κ3) is 2.58. The smallest absolute Gasteiger partial charge is 0.152 e. The lowest BCUT2D eigenvalue weighted by Gasteiger charge is -2.09. The summed E-state index contributed by atoms with van der Waals surface area (Å²) < 4.78 is 28.9. The number of benzene rings is 1. The molecule has 2 rings (SSSR count). The summed E-state index contributed by atoms with van der Waals surface area (Å²) in [6, 6.07) is 6.34. The molecule has 1 aromatic carbocycles. The van der Waals surface area contributed by atoms with Crippen molar-refractivity contribution in [3.63, 3.8) is 0 Å². The van der Waals surface area contributed by atoms with E-state index in [0.29, 0.717) is 11.3 Å². The van der Waals surface area contributed by atoms with E-state index in [4.69, 9.17) is 5.26 Å². The van der Waals surface area contributed by atoms with Crippen LogP contribution in [0.2, 0.25) is 0 Å². The number of anilines is 1. The fraction of sp³-hybridized carbons (Fsp3) is 0.214. The molecule has 0 spiro atoms. The molecule has 0 atom stereocenters. The van der Waals surface area contributed by atoms with Crippen LogP contribution in [0.3, 0.4) is 0 Å². The maximum absolute atomic E-state index is 13.8. The van der Waals surface area contributed by atoms with Crippen molar-refractivity contribution in [2.24, 2.45) is 7.05 Å². The predicted octanol–water partition coefficient (Wildman–Crippen LogP) is 3.10. The zero-order valence-electron chi connectivity index (χ0n) is 10.7. The Morgan fingerprint density at radius 3 is 2.74 bits per heavy atom. The molecule has 5 heteroatoms. The first-order chi connectivity index (χ1) is 9.02. The van der Waals surface area contributed by atoms with Crippen molar-refractivity contribution in [2.45, 2.75) is 13.5 Å². The van der Waals surface area contributed by atoms with Crippen molar-refractivity contribution < 1.29 is 8.78 Å². The molecule has 0 unspecified atom stereocenters. The molecular weight excluding hydrogens is 248 g/mol. The van der Waals surface area contributed by atoms with E-state index in [-0.39, 0.29) is 12.2 Å². The Bertz CT molecular complexity index is 653. The van der Waals surface area contributed by atoms with Crippen LogP contribution in [0.25, 0.3) is 0 Å². The molecule has 0 bridgehead atoms. The molecule has 98 valence electrons. The first-order valence-corrected chi connectivity index (χ1v) is 5.76. The van der Waals surface area contributed by atoms with Gasteiger partial charge < -0.3 is 9.88 Å². The summed E-state index contributed by atoms with van der Waals surface area (Å²) in [5.74, 6) is -1.21. The van der Waals surface area contributed by atoms with Gasteiger partial charge in [0.05, 0.1) is 0 Å². The van der Waals surface area contributed by atoms with Crippen LogP contribution < -0.4 is 5.32 Å². The second-order valence-corrected chi connectivity index (χ2v) is 4.36. The molecule has 0 aliphatic rings. The third-order valence-electron chi connectivity index (χ3n) is 2.93. The third-order valence-corrected chi connectivity index (χ3v) is 2.93. The van der Waals surface area contributed by atoms with E-state index in [2.05, 4.69) is 5.32 Å². The SMILES string of the molecule is Cc1ccc(F)c(NCc2cc(C#N)n(C)c2)c1F. The largest absolute Gasteiger partial charge is 0.376 e. The highest BCUT2D eigenvalue weighted by Crippen LogP contribution is 2.22.